The van der Waals surface area contributed by atoms with Crippen molar-refractivity contribution in [2.75, 3.05) is 44.2 Å². The average molecular weight is 421 g/mol. The minimum atomic E-state index is 0.192. The summed E-state index contributed by atoms with van der Waals surface area (Å²) in [4.78, 5) is 30.0. The van der Waals surface area contributed by atoms with Crippen LogP contribution in [-0.4, -0.2) is 56.0 Å². The van der Waals surface area contributed by atoms with Crippen LogP contribution in [0.5, 0.6) is 5.75 Å². The maximum atomic E-state index is 12.8. The van der Waals surface area contributed by atoms with Crippen LogP contribution in [-0.2, 0) is 29.0 Å². The molecule has 0 radical (unpaired) electrons. The number of piperazine rings is 1. The van der Waals surface area contributed by atoms with E-state index in [1.165, 1.54) is 16.0 Å². The van der Waals surface area contributed by atoms with Crippen LogP contribution < -0.4 is 14.5 Å². The molecule has 3 heterocycles. The number of carbonyl (C=O) groups excluding carboxylic acids is 2. The molecule has 3 aliphatic heterocycles. The van der Waals surface area contributed by atoms with Gasteiger partial charge in [-0.15, -0.1) is 0 Å². The molecule has 1 N–H and O–H groups in total. The van der Waals surface area contributed by atoms with E-state index >= 15 is 0 Å². The minimum Gasteiger partial charge on any atom is -0.493 e. The summed E-state index contributed by atoms with van der Waals surface area (Å²) in [5.74, 6) is 1.42. The van der Waals surface area contributed by atoms with Crippen molar-refractivity contribution in [3.63, 3.8) is 0 Å². The zero-order chi connectivity index (χ0) is 21.2. The van der Waals surface area contributed by atoms with Crippen LogP contribution in [0.1, 0.15) is 29.5 Å². The van der Waals surface area contributed by atoms with Gasteiger partial charge in [0.15, 0.2) is 0 Å². The smallest absolute Gasteiger partial charge is 0.227 e. The van der Waals surface area contributed by atoms with Gasteiger partial charge in [-0.05, 0) is 47.9 Å². The fourth-order valence-electron chi connectivity index (χ4n) is 4.89. The highest BCUT2D eigenvalue weighted by Gasteiger charge is 2.25. The lowest BCUT2D eigenvalue weighted by atomic mass is 10.1. The van der Waals surface area contributed by atoms with E-state index < -0.39 is 0 Å². The summed E-state index contributed by atoms with van der Waals surface area (Å²) in [6, 6.07) is 14.5. The highest BCUT2D eigenvalue weighted by Crippen LogP contribution is 2.25. The molecule has 162 valence electrons. The van der Waals surface area contributed by atoms with E-state index in [4.69, 9.17) is 4.74 Å². The molecule has 0 unspecified atom stereocenters. The first-order valence-electron chi connectivity index (χ1n) is 11.4. The molecule has 5 rings (SSSR count). The number of nitrogens with zero attached hydrogens (tertiary/aromatic N) is 2. The van der Waals surface area contributed by atoms with Crippen LogP contribution in [0.3, 0.4) is 0 Å². The van der Waals surface area contributed by atoms with Crippen LogP contribution in [0.4, 0.5) is 5.69 Å². The maximum Gasteiger partial charge on any atom is 0.227 e. The van der Waals surface area contributed by atoms with Crippen molar-refractivity contribution in [1.29, 1.82) is 0 Å². The van der Waals surface area contributed by atoms with Crippen molar-refractivity contribution in [1.82, 2.24) is 4.90 Å². The zero-order valence-corrected chi connectivity index (χ0v) is 17.9. The van der Waals surface area contributed by atoms with E-state index in [-0.39, 0.29) is 11.8 Å². The van der Waals surface area contributed by atoms with Crippen molar-refractivity contribution in [3.8, 4) is 5.75 Å². The van der Waals surface area contributed by atoms with Gasteiger partial charge in [0.2, 0.25) is 11.8 Å². The first-order valence-corrected chi connectivity index (χ1v) is 11.4. The monoisotopic (exact) mass is 420 g/mol. The number of fused-ring (bicyclic) bond motifs is 1. The maximum absolute atomic E-state index is 12.8. The second kappa shape index (κ2) is 8.71. The Hall–Kier alpha value is -2.86. The molecule has 31 heavy (non-hydrogen) atoms. The summed E-state index contributed by atoms with van der Waals surface area (Å²) in [7, 11) is 0. The van der Waals surface area contributed by atoms with Gasteiger partial charge in [-0.3, -0.25) is 9.59 Å². The average Bonchev–Trinajstić information content (AvgIpc) is 3.43. The number of hydrogen-bond acceptors (Lipinski definition) is 3. The zero-order valence-electron chi connectivity index (χ0n) is 17.9. The molecule has 0 aliphatic carbocycles. The number of hydrogen-bond donors (Lipinski definition) is 1. The Morgan fingerprint density at radius 3 is 2.48 bits per heavy atom. The fourth-order valence-corrected chi connectivity index (χ4v) is 4.89. The highest BCUT2D eigenvalue weighted by molar-refractivity contribution is 5.95. The Kier molecular flexibility index (Phi) is 5.64. The van der Waals surface area contributed by atoms with E-state index in [2.05, 4.69) is 18.2 Å². The highest BCUT2D eigenvalue weighted by atomic mass is 16.5. The van der Waals surface area contributed by atoms with Gasteiger partial charge in [0.1, 0.15) is 12.3 Å². The predicted molar refractivity (Wildman–Crippen MR) is 118 cm³/mol. The molecule has 2 saturated heterocycles. The summed E-state index contributed by atoms with van der Waals surface area (Å²) >= 11 is 0. The summed E-state index contributed by atoms with van der Waals surface area (Å²) < 4.78 is 5.60. The fraction of sp³-hybridized carbons (Fsp3) is 0.440. The molecule has 0 aromatic heterocycles. The van der Waals surface area contributed by atoms with Crippen LogP contribution in [0, 0.1) is 0 Å². The topological polar surface area (TPSA) is 54.3 Å². The molecule has 2 aromatic rings. The van der Waals surface area contributed by atoms with Crippen molar-refractivity contribution in [2.45, 2.75) is 32.2 Å². The summed E-state index contributed by atoms with van der Waals surface area (Å²) in [6.45, 7) is 6.18. The summed E-state index contributed by atoms with van der Waals surface area (Å²) in [5, 5.41) is 0. The van der Waals surface area contributed by atoms with Crippen molar-refractivity contribution in [2.24, 2.45) is 0 Å². The Bertz CT molecular complexity index is 964. The van der Waals surface area contributed by atoms with Crippen LogP contribution >= 0.6 is 0 Å². The molecular weight excluding hydrogens is 390 g/mol. The number of ether oxygens (including phenoxy) is 1. The van der Waals surface area contributed by atoms with E-state index in [0.717, 1.165) is 75.7 Å². The van der Waals surface area contributed by atoms with Gasteiger partial charge >= 0.3 is 0 Å². The van der Waals surface area contributed by atoms with E-state index in [0.29, 0.717) is 12.8 Å². The van der Waals surface area contributed by atoms with Crippen LogP contribution in [0.2, 0.25) is 0 Å². The Balaban J connectivity index is 1.11. The molecule has 2 amide bonds. The number of anilines is 1. The second-order valence-electron chi connectivity index (χ2n) is 8.84. The van der Waals surface area contributed by atoms with Gasteiger partial charge < -0.3 is 19.4 Å². The first-order chi connectivity index (χ1) is 15.2. The van der Waals surface area contributed by atoms with Gasteiger partial charge in [0.05, 0.1) is 39.2 Å². The molecule has 0 atom stereocenters. The Morgan fingerprint density at radius 1 is 0.968 bits per heavy atom. The summed E-state index contributed by atoms with van der Waals surface area (Å²) in [5.41, 5.74) is 4.63. The molecular formula is C25H30N3O3+. The van der Waals surface area contributed by atoms with E-state index in [1.54, 1.807) is 0 Å². The molecule has 0 bridgehead atoms. The normalized spacial score (nSPS) is 18.9. The number of rotatable bonds is 5. The lowest BCUT2D eigenvalue weighted by molar-refractivity contribution is -0.917. The molecule has 6 nitrogen and oxygen atoms in total. The lowest BCUT2D eigenvalue weighted by Gasteiger charge is -2.32. The van der Waals surface area contributed by atoms with E-state index in [9.17, 15) is 9.59 Å². The summed E-state index contributed by atoms with van der Waals surface area (Å²) in [6.07, 6.45) is 2.99. The Labute approximate surface area is 183 Å². The number of benzene rings is 2. The van der Waals surface area contributed by atoms with Crippen molar-refractivity contribution >= 4 is 17.5 Å². The molecule has 0 spiro atoms. The van der Waals surface area contributed by atoms with Gasteiger partial charge in [-0.1, -0.05) is 12.1 Å². The van der Waals surface area contributed by atoms with Gasteiger partial charge in [-0.25, -0.2) is 0 Å². The standard InChI is InChI=1S/C25H29N3O3/c29-24-2-1-10-28(24)22-6-3-19(4-7-22)17-25(30)27-13-11-26(12-14-27)18-20-5-8-23-21(16-20)9-15-31-23/h3-8,16H,1-2,9-15,17-18H2/p+1. The first kappa shape index (κ1) is 20.1. The third kappa shape index (κ3) is 4.44. The SMILES string of the molecule is O=C(Cc1ccc(N2CCCC2=O)cc1)N1CC[NH+](Cc2ccc3c(c2)CCO3)CC1. The second-order valence-corrected chi connectivity index (χ2v) is 8.84. The quantitative estimate of drug-likeness (QED) is 0.792. The minimum absolute atomic E-state index is 0.192. The molecule has 2 aromatic carbocycles. The number of amides is 2. The Morgan fingerprint density at radius 2 is 1.74 bits per heavy atom. The number of nitrogens with one attached hydrogen (secondary N) is 1. The van der Waals surface area contributed by atoms with Gasteiger partial charge in [-0.2, -0.15) is 0 Å². The molecule has 3 aliphatic rings. The number of quaternary nitrogens is 1. The third-order valence-electron chi connectivity index (χ3n) is 6.71. The van der Waals surface area contributed by atoms with Crippen molar-refractivity contribution in [3.05, 3.63) is 59.2 Å². The largest absolute Gasteiger partial charge is 0.493 e. The molecule has 2 fully saturated rings. The van der Waals surface area contributed by atoms with E-state index in [1.807, 2.05) is 34.1 Å². The lowest BCUT2D eigenvalue weighted by Crippen LogP contribution is -3.13. The predicted octanol–water partition coefficient (Wildman–Crippen LogP) is 1.22. The van der Waals surface area contributed by atoms with Crippen LogP contribution in [0.25, 0.3) is 0 Å². The van der Waals surface area contributed by atoms with Crippen molar-refractivity contribution < 1.29 is 19.2 Å². The van der Waals surface area contributed by atoms with Gasteiger partial charge in [0, 0.05) is 30.6 Å². The van der Waals surface area contributed by atoms with Gasteiger partial charge in [0.25, 0.3) is 0 Å². The molecule has 6 heteroatoms. The number of carbonyl (C=O) groups is 2. The molecule has 0 saturated carbocycles. The third-order valence-corrected chi connectivity index (χ3v) is 6.71. The van der Waals surface area contributed by atoms with Crippen LogP contribution in [0.15, 0.2) is 42.5 Å².